The number of nitrogens with zero attached hydrogens (tertiary/aromatic N) is 3. The molecule has 2 aliphatic heterocycles. The largest absolute Gasteiger partial charge is 0.347 e. The molecule has 3 atom stereocenters. The third kappa shape index (κ3) is 4.42. The molecule has 1 aromatic rings. The van der Waals surface area contributed by atoms with Gasteiger partial charge >= 0.3 is 0 Å². The van der Waals surface area contributed by atoms with Crippen LogP contribution in [0.4, 0.5) is 8.78 Å². The predicted octanol–water partition coefficient (Wildman–Crippen LogP) is 1.86. The van der Waals surface area contributed by atoms with Crippen LogP contribution in [0.15, 0.2) is 30.3 Å². The van der Waals surface area contributed by atoms with Gasteiger partial charge in [-0.3, -0.25) is 14.4 Å². The van der Waals surface area contributed by atoms with Gasteiger partial charge < -0.3 is 15.1 Å². The van der Waals surface area contributed by atoms with E-state index in [1.54, 1.807) is 11.0 Å². The number of alkyl halides is 2. The van der Waals surface area contributed by atoms with Crippen LogP contribution in [-0.4, -0.2) is 59.1 Å². The van der Waals surface area contributed by atoms with Gasteiger partial charge in [0, 0.05) is 19.4 Å². The van der Waals surface area contributed by atoms with Crippen LogP contribution in [0.5, 0.6) is 0 Å². The molecule has 0 spiro atoms. The van der Waals surface area contributed by atoms with E-state index in [-0.39, 0.29) is 12.3 Å². The number of hydrogen-bond acceptors (Lipinski definition) is 4. The monoisotopic (exact) mass is 418 g/mol. The average Bonchev–Trinajstić information content (AvgIpc) is 3.06. The lowest BCUT2D eigenvalue weighted by atomic mass is 9.83. The number of nitriles is 1. The van der Waals surface area contributed by atoms with Gasteiger partial charge in [0.05, 0.1) is 31.1 Å². The summed E-state index contributed by atoms with van der Waals surface area (Å²) in [6.07, 6.45) is -0.148. The molecule has 3 rings (SSSR count). The fourth-order valence-corrected chi connectivity index (χ4v) is 4.25. The van der Waals surface area contributed by atoms with Crippen LogP contribution < -0.4 is 5.32 Å². The number of likely N-dealkylation sites (tertiary alicyclic amines) is 2. The zero-order valence-corrected chi connectivity index (χ0v) is 16.7. The Kier molecular flexibility index (Phi) is 6.34. The molecule has 0 aliphatic carbocycles. The van der Waals surface area contributed by atoms with Gasteiger partial charge in [0.2, 0.25) is 17.7 Å². The van der Waals surface area contributed by atoms with Gasteiger partial charge in [-0.25, -0.2) is 8.78 Å². The summed E-state index contributed by atoms with van der Waals surface area (Å²) in [5.74, 6) is -4.85. The number of benzene rings is 1. The van der Waals surface area contributed by atoms with E-state index in [9.17, 15) is 23.2 Å². The molecule has 2 saturated heterocycles. The van der Waals surface area contributed by atoms with Gasteiger partial charge in [0.25, 0.3) is 5.92 Å². The van der Waals surface area contributed by atoms with Crippen molar-refractivity contribution in [2.24, 2.45) is 5.92 Å². The molecular weight excluding hydrogens is 394 g/mol. The Morgan fingerprint density at radius 3 is 2.63 bits per heavy atom. The molecule has 0 aromatic heterocycles. The zero-order chi connectivity index (χ0) is 21.9. The van der Waals surface area contributed by atoms with E-state index in [0.717, 1.165) is 10.5 Å². The third-order valence-corrected chi connectivity index (χ3v) is 5.68. The van der Waals surface area contributed by atoms with Gasteiger partial charge in [-0.1, -0.05) is 30.3 Å². The molecule has 30 heavy (non-hydrogen) atoms. The highest BCUT2D eigenvalue weighted by molar-refractivity contribution is 5.88. The van der Waals surface area contributed by atoms with E-state index >= 15 is 0 Å². The van der Waals surface area contributed by atoms with E-state index in [1.165, 1.54) is 0 Å². The van der Waals surface area contributed by atoms with Crippen molar-refractivity contribution >= 4 is 17.7 Å². The molecule has 0 radical (unpaired) electrons. The molecule has 9 heteroatoms. The first-order valence-corrected chi connectivity index (χ1v) is 9.96. The number of carbonyl (C=O) groups excluding carboxylic acids is 3. The van der Waals surface area contributed by atoms with Crippen molar-refractivity contribution < 1.29 is 23.2 Å². The molecule has 0 saturated carbocycles. The molecule has 2 fully saturated rings. The average molecular weight is 418 g/mol. The van der Waals surface area contributed by atoms with E-state index in [2.05, 4.69) is 5.32 Å². The quantitative estimate of drug-likeness (QED) is 0.790. The SMILES string of the molecule is CCN1C(=O)CC[C@@H](C(=O)NCC(=O)N2CC(F)(F)CC2C#N)[C@@H]1c1ccccc1. The van der Waals surface area contributed by atoms with Crippen LogP contribution in [0.25, 0.3) is 0 Å². The summed E-state index contributed by atoms with van der Waals surface area (Å²) in [6.45, 7) is 0.986. The van der Waals surface area contributed by atoms with E-state index < -0.39 is 55.2 Å². The lowest BCUT2D eigenvalue weighted by molar-refractivity contribution is -0.144. The van der Waals surface area contributed by atoms with Crippen LogP contribution in [0, 0.1) is 17.2 Å². The molecule has 2 heterocycles. The Morgan fingerprint density at radius 2 is 2.00 bits per heavy atom. The number of carbonyl (C=O) groups is 3. The summed E-state index contributed by atoms with van der Waals surface area (Å²) in [7, 11) is 0. The molecule has 1 unspecified atom stereocenters. The van der Waals surface area contributed by atoms with Crippen molar-refractivity contribution in [3.05, 3.63) is 35.9 Å². The van der Waals surface area contributed by atoms with Gasteiger partial charge in [0.1, 0.15) is 6.04 Å². The number of rotatable bonds is 5. The summed E-state index contributed by atoms with van der Waals surface area (Å²) < 4.78 is 27.1. The second-order valence-corrected chi connectivity index (χ2v) is 7.62. The van der Waals surface area contributed by atoms with Gasteiger partial charge in [-0.15, -0.1) is 0 Å². The normalized spacial score (nSPS) is 25.7. The first-order chi connectivity index (χ1) is 14.3. The third-order valence-electron chi connectivity index (χ3n) is 5.68. The summed E-state index contributed by atoms with van der Waals surface area (Å²) in [5.41, 5.74) is 0.822. The first kappa shape index (κ1) is 21.7. The first-order valence-electron chi connectivity index (χ1n) is 9.96. The molecule has 7 nitrogen and oxygen atoms in total. The molecule has 3 amide bonds. The molecule has 1 N–H and O–H groups in total. The minimum absolute atomic E-state index is 0.0392. The maximum Gasteiger partial charge on any atom is 0.268 e. The number of amides is 3. The summed E-state index contributed by atoms with van der Waals surface area (Å²) in [5, 5.41) is 11.6. The standard InChI is InChI=1S/C21H24F2N4O3/c1-2-26-17(28)9-8-16(19(26)14-6-4-3-5-7-14)20(30)25-12-18(29)27-13-21(22,23)10-15(27)11-24/h3-7,15-16,19H,2,8-10,12-13H2,1H3,(H,25,30)/t15?,16-,19+/m1/s1. The highest BCUT2D eigenvalue weighted by Gasteiger charge is 2.47. The molecular formula is C21H24F2N4O3. The number of nitrogens with one attached hydrogen (secondary N) is 1. The minimum Gasteiger partial charge on any atom is -0.347 e. The second-order valence-electron chi connectivity index (χ2n) is 7.62. The predicted molar refractivity (Wildman–Crippen MR) is 103 cm³/mol. The lowest BCUT2D eigenvalue weighted by Crippen LogP contribution is -2.50. The summed E-state index contributed by atoms with van der Waals surface area (Å²) >= 11 is 0. The van der Waals surface area contributed by atoms with E-state index in [4.69, 9.17) is 5.26 Å². The van der Waals surface area contributed by atoms with Crippen molar-refractivity contribution in [3.63, 3.8) is 0 Å². The zero-order valence-electron chi connectivity index (χ0n) is 16.7. The van der Waals surface area contributed by atoms with Crippen LogP contribution in [0.3, 0.4) is 0 Å². The van der Waals surface area contributed by atoms with Crippen LogP contribution >= 0.6 is 0 Å². The van der Waals surface area contributed by atoms with Gasteiger partial charge in [-0.05, 0) is 18.9 Å². The second kappa shape index (κ2) is 8.78. The topological polar surface area (TPSA) is 93.5 Å². The maximum absolute atomic E-state index is 13.6. The Bertz CT molecular complexity index is 856. The molecule has 1 aromatic carbocycles. The van der Waals surface area contributed by atoms with E-state index in [1.807, 2.05) is 37.3 Å². The van der Waals surface area contributed by atoms with Crippen LogP contribution in [-0.2, 0) is 14.4 Å². The highest BCUT2D eigenvalue weighted by Crippen LogP contribution is 2.37. The minimum atomic E-state index is -3.11. The van der Waals surface area contributed by atoms with Crippen molar-refractivity contribution in [3.8, 4) is 6.07 Å². The summed E-state index contributed by atoms with van der Waals surface area (Å²) in [6, 6.07) is 9.25. The van der Waals surface area contributed by atoms with Crippen molar-refractivity contribution in [2.45, 2.75) is 44.2 Å². The Labute approximate surface area is 173 Å². The van der Waals surface area contributed by atoms with Crippen molar-refractivity contribution in [1.82, 2.24) is 15.1 Å². The maximum atomic E-state index is 13.6. The van der Waals surface area contributed by atoms with Crippen molar-refractivity contribution in [1.29, 1.82) is 5.26 Å². The smallest absolute Gasteiger partial charge is 0.268 e. The fraction of sp³-hybridized carbons (Fsp3) is 0.524. The molecule has 2 aliphatic rings. The van der Waals surface area contributed by atoms with Crippen LogP contribution in [0.1, 0.15) is 37.8 Å². The number of piperidine rings is 1. The molecule has 160 valence electrons. The Balaban J connectivity index is 1.71. The number of hydrogen-bond donors (Lipinski definition) is 1. The van der Waals surface area contributed by atoms with Gasteiger partial charge in [-0.2, -0.15) is 5.26 Å². The lowest BCUT2D eigenvalue weighted by Gasteiger charge is -2.40. The van der Waals surface area contributed by atoms with Gasteiger partial charge in [0.15, 0.2) is 0 Å². The van der Waals surface area contributed by atoms with Crippen LogP contribution in [0.2, 0.25) is 0 Å². The van der Waals surface area contributed by atoms with E-state index in [0.29, 0.717) is 13.0 Å². The highest BCUT2D eigenvalue weighted by atomic mass is 19.3. The Hall–Kier alpha value is -3.02. The summed E-state index contributed by atoms with van der Waals surface area (Å²) in [4.78, 5) is 40.1. The van der Waals surface area contributed by atoms with Crippen molar-refractivity contribution in [2.75, 3.05) is 19.6 Å². The number of halogens is 2. The Morgan fingerprint density at radius 1 is 1.30 bits per heavy atom. The molecule has 0 bridgehead atoms. The fourth-order valence-electron chi connectivity index (χ4n) is 4.25.